The summed E-state index contributed by atoms with van der Waals surface area (Å²) in [6.07, 6.45) is 3.82. The molecule has 0 saturated carbocycles. The van der Waals surface area contributed by atoms with Crippen molar-refractivity contribution in [1.82, 2.24) is 4.57 Å². The van der Waals surface area contributed by atoms with Crippen molar-refractivity contribution in [1.29, 1.82) is 0 Å². The largest absolute Gasteiger partial charge is 0.504 e. The number of rotatable bonds is 4. The molecule has 1 aromatic heterocycles. The number of hydrogen-bond donors (Lipinski definition) is 1. The molecule has 1 aliphatic heterocycles. The highest BCUT2D eigenvalue weighted by atomic mass is 79.9. The summed E-state index contributed by atoms with van der Waals surface area (Å²) in [6.45, 7) is 0. The Hall–Kier alpha value is -2.94. The van der Waals surface area contributed by atoms with E-state index in [0.717, 1.165) is 26.9 Å². The summed E-state index contributed by atoms with van der Waals surface area (Å²) < 4.78 is 9.14. The molecule has 0 fully saturated rings. The molecule has 0 saturated heterocycles. The second-order valence-corrected chi connectivity index (χ2v) is 10.4. The number of halogens is 2. The normalized spacial score (nSPS) is 15.4. The first-order chi connectivity index (χ1) is 16.4. The average molecular weight is 598 g/mol. The Labute approximate surface area is 216 Å². The van der Waals surface area contributed by atoms with Crippen LogP contribution in [-0.2, 0) is 0 Å². The Balaban J connectivity index is 1.73. The second-order valence-electron chi connectivity index (χ2n) is 7.64. The van der Waals surface area contributed by atoms with Gasteiger partial charge in [-0.1, -0.05) is 85.7 Å². The van der Waals surface area contributed by atoms with E-state index < -0.39 is 0 Å². The number of methoxy groups -OCH3 is 1. The monoisotopic (exact) mass is 596 g/mol. The molecular weight excluding hydrogens is 580 g/mol. The highest BCUT2D eigenvalue weighted by Crippen LogP contribution is 2.33. The Kier molecular flexibility index (Phi) is 6.29. The number of aromatic nitrogens is 1. The fourth-order valence-electron chi connectivity index (χ4n) is 3.82. The fraction of sp³-hybridized carbons (Fsp3) is 0.0769. The van der Waals surface area contributed by atoms with Gasteiger partial charge in [-0.2, -0.15) is 0 Å². The number of phenols is 1. The SMILES string of the molecule is COc1cc(C=c2sc3n(c2=O)C(c2ccc(Br)cc2)C=C(c2ccccc2)N=3)c(Br)cc1O. The van der Waals surface area contributed by atoms with Gasteiger partial charge in [-0.05, 0) is 53.1 Å². The van der Waals surface area contributed by atoms with Crippen molar-refractivity contribution in [3.8, 4) is 11.5 Å². The number of nitrogens with zero attached hydrogens (tertiary/aromatic N) is 2. The fourth-order valence-corrected chi connectivity index (χ4v) is 5.54. The molecule has 34 heavy (non-hydrogen) atoms. The van der Waals surface area contributed by atoms with Gasteiger partial charge in [0.25, 0.3) is 5.56 Å². The van der Waals surface area contributed by atoms with Crippen LogP contribution in [0.2, 0.25) is 0 Å². The van der Waals surface area contributed by atoms with Crippen LogP contribution < -0.4 is 19.6 Å². The summed E-state index contributed by atoms with van der Waals surface area (Å²) in [4.78, 5) is 19.1. The summed E-state index contributed by atoms with van der Waals surface area (Å²) in [5.74, 6) is 0.358. The van der Waals surface area contributed by atoms with Gasteiger partial charge in [0, 0.05) is 8.95 Å². The lowest BCUT2D eigenvalue weighted by Crippen LogP contribution is -2.36. The first-order valence-electron chi connectivity index (χ1n) is 10.4. The molecule has 170 valence electrons. The summed E-state index contributed by atoms with van der Waals surface area (Å²) >= 11 is 8.30. The van der Waals surface area contributed by atoms with Gasteiger partial charge in [0.2, 0.25) is 0 Å². The van der Waals surface area contributed by atoms with Crippen LogP contribution in [0.5, 0.6) is 11.5 Å². The topological polar surface area (TPSA) is 63.8 Å². The third kappa shape index (κ3) is 4.29. The van der Waals surface area contributed by atoms with Gasteiger partial charge >= 0.3 is 0 Å². The molecule has 0 spiro atoms. The molecule has 5 nitrogen and oxygen atoms in total. The summed E-state index contributed by atoms with van der Waals surface area (Å²) in [6, 6.07) is 20.9. The molecule has 0 radical (unpaired) electrons. The zero-order valence-electron chi connectivity index (χ0n) is 17.9. The van der Waals surface area contributed by atoms with Crippen LogP contribution in [0.15, 0.2) is 91.5 Å². The molecule has 1 atom stereocenters. The standard InChI is InChI=1S/C26H18Br2N2O3S/c1-33-23-11-17(19(28)13-22(23)31)12-24-25(32)30-21(16-7-9-18(27)10-8-16)14-20(29-26(30)34-24)15-5-3-2-4-6-15/h2-14,21,31H,1H3. The number of benzene rings is 3. The van der Waals surface area contributed by atoms with Gasteiger partial charge in [0.05, 0.1) is 23.4 Å². The number of fused-ring (bicyclic) bond motifs is 1. The molecular formula is C26H18Br2N2O3S. The van der Waals surface area contributed by atoms with Crippen molar-refractivity contribution in [2.75, 3.05) is 7.11 Å². The molecule has 0 bridgehead atoms. The summed E-state index contributed by atoms with van der Waals surface area (Å²) in [5.41, 5.74) is 3.41. The molecule has 0 aliphatic carbocycles. The van der Waals surface area contributed by atoms with Crippen LogP contribution in [0.1, 0.15) is 22.7 Å². The van der Waals surface area contributed by atoms with Gasteiger partial charge in [-0.3, -0.25) is 9.36 Å². The quantitative estimate of drug-likeness (QED) is 0.350. The van der Waals surface area contributed by atoms with Crippen LogP contribution >= 0.6 is 43.2 Å². The number of thiazole rings is 1. The van der Waals surface area contributed by atoms with E-state index in [0.29, 0.717) is 19.6 Å². The predicted octanol–water partition coefficient (Wildman–Crippen LogP) is 5.24. The van der Waals surface area contributed by atoms with E-state index in [9.17, 15) is 9.90 Å². The molecule has 5 rings (SSSR count). The van der Waals surface area contributed by atoms with Gasteiger partial charge < -0.3 is 9.84 Å². The Bertz CT molecular complexity index is 1590. The zero-order chi connectivity index (χ0) is 23.8. The number of aromatic hydroxyl groups is 1. The maximum atomic E-state index is 13.6. The van der Waals surface area contributed by atoms with E-state index in [1.54, 1.807) is 22.8 Å². The minimum Gasteiger partial charge on any atom is -0.504 e. The van der Waals surface area contributed by atoms with E-state index in [2.05, 4.69) is 31.9 Å². The van der Waals surface area contributed by atoms with Crippen LogP contribution in [0.3, 0.4) is 0 Å². The van der Waals surface area contributed by atoms with Crippen LogP contribution in [-0.4, -0.2) is 16.8 Å². The van der Waals surface area contributed by atoms with Gasteiger partial charge in [0.1, 0.15) is 0 Å². The number of allylic oxidation sites excluding steroid dienone is 1. The number of hydrogen-bond acceptors (Lipinski definition) is 5. The minimum atomic E-state index is -0.292. The highest BCUT2D eigenvalue weighted by molar-refractivity contribution is 9.10. The van der Waals surface area contributed by atoms with E-state index in [-0.39, 0.29) is 17.4 Å². The lowest BCUT2D eigenvalue weighted by Gasteiger charge is -2.19. The van der Waals surface area contributed by atoms with Crippen LogP contribution in [0.4, 0.5) is 0 Å². The first-order valence-corrected chi connectivity index (χ1v) is 12.8. The van der Waals surface area contributed by atoms with Gasteiger partial charge in [-0.25, -0.2) is 4.99 Å². The van der Waals surface area contributed by atoms with E-state index in [1.807, 2.05) is 60.7 Å². The van der Waals surface area contributed by atoms with Gasteiger partial charge in [-0.15, -0.1) is 0 Å². The number of ether oxygens (including phenoxy) is 1. The maximum Gasteiger partial charge on any atom is 0.271 e. The van der Waals surface area contributed by atoms with E-state index in [4.69, 9.17) is 9.73 Å². The Morgan fingerprint density at radius 3 is 2.53 bits per heavy atom. The van der Waals surface area contributed by atoms with Crippen molar-refractivity contribution >= 4 is 55.0 Å². The van der Waals surface area contributed by atoms with Crippen molar-refractivity contribution in [3.05, 3.63) is 118 Å². The summed E-state index contributed by atoms with van der Waals surface area (Å²) in [7, 11) is 1.49. The molecule has 2 heterocycles. The zero-order valence-corrected chi connectivity index (χ0v) is 21.9. The van der Waals surface area contributed by atoms with E-state index in [1.165, 1.54) is 18.4 Å². The lowest BCUT2D eigenvalue weighted by atomic mass is 10.0. The van der Waals surface area contributed by atoms with Crippen molar-refractivity contribution in [3.63, 3.8) is 0 Å². The molecule has 3 aromatic carbocycles. The van der Waals surface area contributed by atoms with Crippen LogP contribution in [0.25, 0.3) is 11.8 Å². The predicted molar refractivity (Wildman–Crippen MR) is 142 cm³/mol. The molecule has 1 aliphatic rings. The third-order valence-electron chi connectivity index (χ3n) is 5.51. The second kappa shape index (κ2) is 9.37. The molecule has 8 heteroatoms. The first kappa shape index (κ1) is 22.8. The lowest BCUT2D eigenvalue weighted by molar-refractivity contribution is 0.373. The Morgan fingerprint density at radius 2 is 1.82 bits per heavy atom. The smallest absolute Gasteiger partial charge is 0.271 e. The Morgan fingerprint density at radius 1 is 1.09 bits per heavy atom. The van der Waals surface area contributed by atoms with E-state index >= 15 is 0 Å². The minimum absolute atomic E-state index is 0.0238. The molecule has 1 N–H and O–H groups in total. The van der Waals surface area contributed by atoms with Gasteiger partial charge in [0.15, 0.2) is 16.3 Å². The molecule has 0 amide bonds. The molecule has 4 aromatic rings. The third-order valence-corrected chi connectivity index (χ3v) is 7.71. The molecule has 1 unspecified atom stereocenters. The van der Waals surface area contributed by atoms with Crippen LogP contribution in [0, 0.1) is 0 Å². The van der Waals surface area contributed by atoms with Crippen molar-refractivity contribution in [2.45, 2.75) is 6.04 Å². The number of phenolic OH excluding ortho intramolecular Hbond substituents is 1. The van der Waals surface area contributed by atoms with Crippen molar-refractivity contribution < 1.29 is 9.84 Å². The maximum absolute atomic E-state index is 13.6. The average Bonchev–Trinajstić information content (AvgIpc) is 3.16. The highest BCUT2D eigenvalue weighted by Gasteiger charge is 2.22. The van der Waals surface area contributed by atoms with Crippen molar-refractivity contribution in [2.24, 2.45) is 4.99 Å². The summed E-state index contributed by atoms with van der Waals surface area (Å²) in [5, 5.41) is 10.0.